The summed E-state index contributed by atoms with van der Waals surface area (Å²) in [7, 11) is 0. The minimum atomic E-state index is -0.0914. The standard InChI is InChI=1S/C50H39N/c1-34-32-38(44-22-13-17-36-16-7-8-18-42(36)44)26-31-49(34)51(40-29-30-46-45-21-11-12-23-47(45)50(2,3)48(46)33-40)39-27-24-37(25-28-39)43-20-10-9-19-41(43)35-14-5-4-6-15-35/h4-33H,1-3H3. The van der Waals surface area contributed by atoms with Crippen LogP contribution in [0.25, 0.3) is 55.3 Å². The van der Waals surface area contributed by atoms with Gasteiger partial charge in [0.15, 0.2) is 0 Å². The molecule has 0 saturated carbocycles. The molecule has 0 unspecified atom stereocenters. The second-order valence-corrected chi connectivity index (χ2v) is 14.2. The van der Waals surface area contributed by atoms with E-state index in [0.29, 0.717) is 0 Å². The van der Waals surface area contributed by atoms with Crippen LogP contribution in [0.3, 0.4) is 0 Å². The van der Waals surface area contributed by atoms with Crippen LogP contribution in [0.4, 0.5) is 17.1 Å². The zero-order chi connectivity index (χ0) is 34.5. The summed E-state index contributed by atoms with van der Waals surface area (Å²) in [4.78, 5) is 2.44. The van der Waals surface area contributed by atoms with Crippen molar-refractivity contribution in [2.24, 2.45) is 0 Å². The number of anilines is 3. The molecular weight excluding hydrogens is 615 g/mol. The van der Waals surface area contributed by atoms with E-state index < -0.39 is 0 Å². The number of fused-ring (bicyclic) bond motifs is 4. The SMILES string of the molecule is Cc1cc(-c2cccc3ccccc23)ccc1N(c1ccc(-c2ccccc2-c2ccccc2)cc1)c1ccc2c(c1)C(C)(C)c1ccccc1-2. The monoisotopic (exact) mass is 653 g/mol. The second-order valence-electron chi connectivity index (χ2n) is 14.2. The lowest BCUT2D eigenvalue weighted by Crippen LogP contribution is -2.17. The Balaban J connectivity index is 1.18. The Hall–Kier alpha value is -6.18. The van der Waals surface area contributed by atoms with Gasteiger partial charge in [0.05, 0.1) is 0 Å². The van der Waals surface area contributed by atoms with Crippen molar-refractivity contribution in [3.8, 4) is 44.5 Å². The van der Waals surface area contributed by atoms with E-state index in [4.69, 9.17) is 0 Å². The average Bonchev–Trinajstić information content (AvgIpc) is 3.41. The first kappa shape index (κ1) is 30.8. The zero-order valence-electron chi connectivity index (χ0n) is 29.3. The maximum absolute atomic E-state index is 2.44. The van der Waals surface area contributed by atoms with Crippen molar-refractivity contribution in [1.82, 2.24) is 0 Å². The van der Waals surface area contributed by atoms with E-state index in [1.807, 2.05) is 0 Å². The molecule has 1 aliphatic carbocycles. The summed E-state index contributed by atoms with van der Waals surface area (Å²) >= 11 is 0. The first-order chi connectivity index (χ1) is 25.0. The first-order valence-electron chi connectivity index (χ1n) is 17.9. The lowest BCUT2D eigenvalue weighted by Gasteiger charge is -2.29. The van der Waals surface area contributed by atoms with Crippen molar-refractivity contribution in [3.05, 3.63) is 199 Å². The van der Waals surface area contributed by atoms with Gasteiger partial charge >= 0.3 is 0 Å². The molecule has 0 bridgehead atoms. The minimum absolute atomic E-state index is 0.0914. The molecule has 0 radical (unpaired) electrons. The third-order valence-corrected chi connectivity index (χ3v) is 10.8. The third kappa shape index (κ3) is 5.25. The Kier molecular flexibility index (Phi) is 7.44. The largest absolute Gasteiger partial charge is 0.310 e. The van der Waals surface area contributed by atoms with Gasteiger partial charge in [-0.05, 0) is 115 Å². The molecule has 0 saturated heterocycles. The van der Waals surface area contributed by atoms with E-state index in [-0.39, 0.29) is 5.41 Å². The molecule has 1 heteroatoms. The van der Waals surface area contributed by atoms with Crippen molar-refractivity contribution in [2.45, 2.75) is 26.2 Å². The number of hydrogen-bond donors (Lipinski definition) is 0. The zero-order valence-corrected chi connectivity index (χ0v) is 29.3. The molecule has 0 aliphatic heterocycles. The van der Waals surface area contributed by atoms with Crippen molar-refractivity contribution in [1.29, 1.82) is 0 Å². The predicted molar refractivity (Wildman–Crippen MR) is 217 cm³/mol. The topological polar surface area (TPSA) is 3.24 Å². The summed E-state index contributed by atoms with van der Waals surface area (Å²) in [6.07, 6.45) is 0. The number of rotatable bonds is 6. The van der Waals surface area contributed by atoms with Gasteiger partial charge in [-0.2, -0.15) is 0 Å². The maximum atomic E-state index is 2.44. The molecule has 9 rings (SSSR count). The average molecular weight is 654 g/mol. The molecule has 1 nitrogen and oxygen atoms in total. The van der Waals surface area contributed by atoms with Crippen LogP contribution < -0.4 is 4.90 Å². The smallest absolute Gasteiger partial charge is 0.0491 e. The fourth-order valence-electron chi connectivity index (χ4n) is 8.20. The summed E-state index contributed by atoms with van der Waals surface area (Å²) in [5.41, 5.74) is 17.4. The third-order valence-electron chi connectivity index (χ3n) is 10.8. The van der Waals surface area contributed by atoms with Crippen molar-refractivity contribution >= 4 is 27.8 Å². The van der Waals surface area contributed by atoms with Crippen LogP contribution in [0.1, 0.15) is 30.5 Å². The van der Waals surface area contributed by atoms with Gasteiger partial charge in [0.2, 0.25) is 0 Å². The van der Waals surface area contributed by atoms with Crippen LogP contribution >= 0.6 is 0 Å². The Morgan fingerprint density at radius 3 is 1.73 bits per heavy atom. The van der Waals surface area contributed by atoms with Crippen LogP contribution in [-0.2, 0) is 5.41 Å². The molecule has 8 aromatic carbocycles. The normalized spacial score (nSPS) is 12.8. The summed E-state index contributed by atoms with van der Waals surface area (Å²) in [5, 5.41) is 2.53. The lowest BCUT2D eigenvalue weighted by atomic mass is 9.82. The Bertz CT molecular complexity index is 2550. The molecule has 0 heterocycles. The van der Waals surface area contributed by atoms with Gasteiger partial charge in [-0.3, -0.25) is 0 Å². The Labute approximate surface area is 301 Å². The summed E-state index contributed by atoms with van der Waals surface area (Å²) < 4.78 is 0. The van der Waals surface area contributed by atoms with Crippen LogP contribution in [0.5, 0.6) is 0 Å². The summed E-state index contributed by atoms with van der Waals surface area (Å²) in [6.45, 7) is 6.96. The fraction of sp³-hybridized carbons (Fsp3) is 0.0800. The second kappa shape index (κ2) is 12.3. The van der Waals surface area contributed by atoms with Crippen molar-refractivity contribution in [3.63, 3.8) is 0 Å². The van der Waals surface area contributed by atoms with Gasteiger partial charge in [0.1, 0.15) is 0 Å². The number of aryl methyl sites for hydroxylation is 1. The first-order valence-corrected chi connectivity index (χ1v) is 17.9. The molecule has 1 aliphatic rings. The van der Waals surface area contributed by atoms with Gasteiger partial charge in [0.25, 0.3) is 0 Å². The van der Waals surface area contributed by atoms with E-state index >= 15 is 0 Å². The molecule has 51 heavy (non-hydrogen) atoms. The fourth-order valence-corrected chi connectivity index (χ4v) is 8.20. The molecule has 8 aromatic rings. The van der Waals surface area contributed by atoms with Crippen LogP contribution in [0.15, 0.2) is 182 Å². The van der Waals surface area contributed by atoms with Crippen LogP contribution in [-0.4, -0.2) is 0 Å². The molecule has 0 fully saturated rings. The highest BCUT2D eigenvalue weighted by molar-refractivity contribution is 5.97. The van der Waals surface area contributed by atoms with E-state index in [1.165, 1.54) is 77.7 Å². The highest BCUT2D eigenvalue weighted by Gasteiger charge is 2.35. The van der Waals surface area contributed by atoms with Crippen LogP contribution in [0, 0.1) is 6.92 Å². The summed E-state index contributed by atoms with van der Waals surface area (Å²) in [6, 6.07) is 66.6. The molecular formula is C50H39N. The van der Waals surface area contributed by atoms with E-state index in [1.54, 1.807) is 0 Å². The van der Waals surface area contributed by atoms with Gasteiger partial charge in [-0.15, -0.1) is 0 Å². The van der Waals surface area contributed by atoms with E-state index in [2.05, 4.69) is 208 Å². The molecule has 0 amide bonds. The van der Waals surface area contributed by atoms with Gasteiger partial charge < -0.3 is 4.90 Å². The number of benzene rings is 8. The molecule has 0 aromatic heterocycles. The number of hydrogen-bond acceptors (Lipinski definition) is 1. The van der Waals surface area contributed by atoms with Crippen molar-refractivity contribution in [2.75, 3.05) is 4.90 Å². The van der Waals surface area contributed by atoms with Gasteiger partial charge in [-0.25, -0.2) is 0 Å². The van der Waals surface area contributed by atoms with Crippen molar-refractivity contribution < 1.29 is 0 Å². The molecule has 0 atom stereocenters. The highest BCUT2D eigenvalue weighted by atomic mass is 15.1. The van der Waals surface area contributed by atoms with Gasteiger partial charge in [-0.1, -0.05) is 159 Å². The molecule has 0 spiro atoms. The Morgan fingerprint density at radius 1 is 0.392 bits per heavy atom. The lowest BCUT2D eigenvalue weighted by molar-refractivity contribution is 0.660. The van der Waals surface area contributed by atoms with E-state index in [0.717, 1.165) is 11.4 Å². The summed E-state index contributed by atoms with van der Waals surface area (Å²) in [5.74, 6) is 0. The molecule has 244 valence electrons. The van der Waals surface area contributed by atoms with Crippen LogP contribution in [0.2, 0.25) is 0 Å². The highest BCUT2D eigenvalue weighted by Crippen LogP contribution is 2.51. The quantitative estimate of drug-likeness (QED) is 0.173. The predicted octanol–water partition coefficient (Wildman–Crippen LogP) is 13.9. The Morgan fingerprint density at radius 2 is 0.961 bits per heavy atom. The minimum Gasteiger partial charge on any atom is -0.310 e. The van der Waals surface area contributed by atoms with E-state index in [9.17, 15) is 0 Å². The maximum Gasteiger partial charge on any atom is 0.0491 e. The molecule has 0 N–H and O–H groups in total. The number of nitrogens with zero attached hydrogens (tertiary/aromatic N) is 1. The van der Waals surface area contributed by atoms with Gasteiger partial charge in [0, 0.05) is 22.5 Å².